The number of fused-ring (bicyclic) bond motifs is 6. The van der Waals surface area contributed by atoms with E-state index in [9.17, 15) is 9.59 Å². The summed E-state index contributed by atoms with van der Waals surface area (Å²) in [7, 11) is 1.70. The number of hydrogen-bond acceptors (Lipinski definition) is 6. The first-order valence-electron chi connectivity index (χ1n) is 19.8. The second-order valence-electron chi connectivity index (χ2n) is 15.5. The molecule has 54 heavy (non-hydrogen) atoms. The predicted molar refractivity (Wildman–Crippen MR) is 216 cm³/mol. The normalized spacial score (nSPS) is 15.2. The van der Waals surface area contributed by atoms with E-state index >= 15 is 0 Å². The smallest absolute Gasteiger partial charge is 0.223 e. The Balaban J connectivity index is 1.28. The minimum atomic E-state index is -0.227. The average molecular weight is 735 g/mol. The summed E-state index contributed by atoms with van der Waals surface area (Å²) in [6.07, 6.45) is 5.57. The molecule has 2 N–H and O–H groups in total. The van der Waals surface area contributed by atoms with Crippen LogP contribution in [0.3, 0.4) is 0 Å². The van der Waals surface area contributed by atoms with Crippen molar-refractivity contribution in [2.75, 3.05) is 20.3 Å². The van der Waals surface area contributed by atoms with E-state index in [4.69, 9.17) is 19.4 Å². The van der Waals surface area contributed by atoms with E-state index < -0.39 is 0 Å². The van der Waals surface area contributed by atoms with Crippen molar-refractivity contribution >= 4 is 33.6 Å². The van der Waals surface area contributed by atoms with Crippen LogP contribution in [0, 0.1) is 11.8 Å². The van der Waals surface area contributed by atoms with Gasteiger partial charge in [0.1, 0.15) is 24.0 Å². The third-order valence-corrected chi connectivity index (χ3v) is 11.3. The Hall–Kier alpha value is -4.70. The lowest BCUT2D eigenvalue weighted by molar-refractivity contribution is -0.136. The van der Waals surface area contributed by atoms with Gasteiger partial charge in [-0.15, -0.1) is 0 Å². The monoisotopic (exact) mass is 734 g/mol. The van der Waals surface area contributed by atoms with Gasteiger partial charge in [0, 0.05) is 43.5 Å². The topological polar surface area (TPSA) is 116 Å². The highest BCUT2D eigenvalue weighted by atomic mass is 16.5. The van der Waals surface area contributed by atoms with Gasteiger partial charge in [-0.05, 0) is 91.8 Å². The second kappa shape index (κ2) is 16.8. The molecule has 0 fully saturated rings. The molecule has 1 aliphatic rings. The fourth-order valence-electron chi connectivity index (χ4n) is 7.74. The number of rotatable bonds is 16. The number of nitrogens with one attached hydrogen (secondary N) is 2. The van der Waals surface area contributed by atoms with Crippen LogP contribution in [-0.2, 0) is 20.9 Å². The van der Waals surface area contributed by atoms with Gasteiger partial charge in [-0.3, -0.25) is 9.59 Å². The number of nitrogens with zero attached hydrogens (tertiary/aromatic N) is 4. The molecule has 0 spiro atoms. The standard InChI is InChI=1S/C44H58N6O4/c1-10-13-40(51)50(28(6)12-3)30(8)43-45-22-38(47-43)32-14-16-34-33(19-32)25-54-39-21-35-31(20-36(34)39)15-17-37-42(35)48-44(46-37)29(7)49(23-27(5)24-53-9)41(52)18-26(4)11-2/h14-17,19-22,26-30H,10-13,18,23-25H2,1-9H3,(H,45,47)(H,46,48). The number of H-pyrrole nitrogens is 2. The van der Waals surface area contributed by atoms with Gasteiger partial charge in [-0.1, -0.05) is 59.2 Å². The van der Waals surface area contributed by atoms with E-state index in [1.54, 1.807) is 7.11 Å². The van der Waals surface area contributed by atoms with Crippen molar-refractivity contribution in [3.8, 4) is 28.1 Å². The molecular formula is C44H58N6O4. The van der Waals surface area contributed by atoms with Crippen molar-refractivity contribution in [3.63, 3.8) is 0 Å². The number of carbonyl (C=O) groups is 2. The number of carbonyl (C=O) groups excluding carboxylic acids is 2. The first kappa shape index (κ1) is 39.0. The minimum Gasteiger partial charge on any atom is -0.488 e. The summed E-state index contributed by atoms with van der Waals surface area (Å²) in [5.74, 6) is 3.20. The van der Waals surface area contributed by atoms with Crippen molar-refractivity contribution in [1.82, 2.24) is 29.7 Å². The number of ether oxygens (including phenoxy) is 2. The maximum Gasteiger partial charge on any atom is 0.223 e. The van der Waals surface area contributed by atoms with E-state index in [1.807, 2.05) is 22.9 Å². The Morgan fingerprint density at radius 1 is 0.889 bits per heavy atom. The van der Waals surface area contributed by atoms with E-state index in [2.05, 4.69) is 101 Å². The van der Waals surface area contributed by atoms with Crippen LogP contribution in [0.1, 0.15) is 117 Å². The lowest BCUT2D eigenvalue weighted by Gasteiger charge is -2.33. The van der Waals surface area contributed by atoms with Crippen LogP contribution in [0.25, 0.3) is 44.2 Å². The van der Waals surface area contributed by atoms with E-state index in [0.29, 0.717) is 38.5 Å². The quantitative estimate of drug-likeness (QED) is 0.104. The fraction of sp³-hybridized carbons (Fsp3) is 0.500. The van der Waals surface area contributed by atoms with E-state index in [-0.39, 0.29) is 35.9 Å². The van der Waals surface area contributed by atoms with Crippen molar-refractivity contribution in [2.45, 2.75) is 112 Å². The molecule has 6 rings (SSSR count). The fourth-order valence-corrected chi connectivity index (χ4v) is 7.74. The highest BCUT2D eigenvalue weighted by molar-refractivity contribution is 6.07. The molecule has 3 heterocycles. The Morgan fingerprint density at radius 3 is 2.41 bits per heavy atom. The molecular weight excluding hydrogens is 677 g/mol. The molecule has 0 saturated carbocycles. The summed E-state index contributed by atoms with van der Waals surface area (Å²) < 4.78 is 11.8. The summed E-state index contributed by atoms with van der Waals surface area (Å²) in [4.78, 5) is 47.5. The SMILES string of the molecule is CCCC(=O)N(C(C)CC)C(C)c1ncc(-c2ccc3c(c2)COc2cc4c(ccc5[nH]c(C(C)N(CC(C)COC)C(=O)CC(C)CC)nc54)cc2-3)[nH]1. The van der Waals surface area contributed by atoms with Crippen LogP contribution in [0.15, 0.2) is 48.7 Å². The summed E-state index contributed by atoms with van der Waals surface area (Å²) >= 11 is 0. The highest BCUT2D eigenvalue weighted by Gasteiger charge is 2.29. The number of amides is 2. The molecule has 3 aromatic carbocycles. The molecule has 2 amide bonds. The van der Waals surface area contributed by atoms with Crippen LogP contribution in [0.4, 0.5) is 0 Å². The van der Waals surface area contributed by atoms with Gasteiger partial charge in [0.2, 0.25) is 11.8 Å². The molecule has 0 bridgehead atoms. The summed E-state index contributed by atoms with van der Waals surface area (Å²) in [5, 5.41) is 2.08. The molecule has 0 radical (unpaired) electrons. The summed E-state index contributed by atoms with van der Waals surface area (Å²) in [5.41, 5.74) is 7.02. The van der Waals surface area contributed by atoms with Gasteiger partial charge in [-0.25, -0.2) is 9.97 Å². The molecule has 5 aromatic rings. The van der Waals surface area contributed by atoms with E-state index in [1.165, 1.54) is 0 Å². The maximum atomic E-state index is 13.6. The molecule has 10 heteroatoms. The zero-order valence-electron chi connectivity index (χ0n) is 33.6. The van der Waals surface area contributed by atoms with Gasteiger partial charge < -0.3 is 29.2 Å². The van der Waals surface area contributed by atoms with E-state index in [0.717, 1.165) is 86.4 Å². The molecule has 2 aromatic heterocycles. The molecule has 5 atom stereocenters. The molecule has 1 aliphatic heterocycles. The first-order valence-corrected chi connectivity index (χ1v) is 19.8. The minimum absolute atomic E-state index is 0.125. The molecule has 0 saturated heterocycles. The van der Waals surface area contributed by atoms with Crippen LogP contribution in [0.5, 0.6) is 5.75 Å². The average Bonchev–Trinajstić information content (AvgIpc) is 3.84. The van der Waals surface area contributed by atoms with Gasteiger partial charge in [-0.2, -0.15) is 0 Å². The van der Waals surface area contributed by atoms with Crippen LogP contribution in [0.2, 0.25) is 0 Å². The number of aromatic nitrogens is 4. The summed E-state index contributed by atoms with van der Waals surface area (Å²) in [6, 6.07) is 14.7. The maximum absolute atomic E-state index is 13.6. The number of imidazole rings is 2. The Labute approximate surface area is 320 Å². The number of benzene rings is 3. The molecule has 0 aliphatic carbocycles. The largest absolute Gasteiger partial charge is 0.488 e. The van der Waals surface area contributed by atoms with Crippen molar-refractivity contribution < 1.29 is 19.1 Å². The van der Waals surface area contributed by atoms with Gasteiger partial charge in [0.25, 0.3) is 0 Å². The van der Waals surface area contributed by atoms with Crippen LogP contribution >= 0.6 is 0 Å². The lowest BCUT2D eigenvalue weighted by Crippen LogP contribution is -2.40. The van der Waals surface area contributed by atoms with Gasteiger partial charge in [0.15, 0.2) is 0 Å². The number of hydrogen-bond donors (Lipinski definition) is 2. The zero-order valence-corrected chi connectivity index (χ0v) is 33.6. The summed E-state index contributed by atoms with van der Waals surface area (Å²) in [6.45, 7) is 18.4. The van der Waals surface area contributed by atoms with Crippen molar-refractivity contribution in [1.29, 1.82) is 0 Å². The van der Waals surface area contributed by atoms with Crippen LogP contribution < -0.4 is 4.74 Å². The number of methoxy groups -OCH3 is 1. The third-order valence-electron chi connectivity index (χ3n) is 11.3. The van der Waals surface area contributed by atoms with Crippen molar-refractivity contribution in [2.24, 2.45) is 11.8 Å². The Morgan fingerprint density at radius 2 is 1.69 bits per heavy atom. The first-order chi connectivity index (χ1) is 26.0. The van der Waals surface area contributed by atoms with Gasteiger partial charge >= 0.3 is 0 Å². The third kappa shape index (κ3) is 7.90. The zero-order chi connectivity index (χ0) is 38.7. The van der Waals surface area contributed by atoms with Crippen LogP contribution in [-0.4, -0.2) is 67.9 Å². The van der Waals surface area contributed by atoms with Crippen molar-refractivity contribution in [3.05, 3.63) is 65.9 Å². The Bertz CT molecular complexity index is 2100. The number of aromatic amines is 2. The second-order valence-corrected chi connectivity index (χ2v) is 15.5. The highest BCUT2D eigenvalue weighted by Crippen LogP contribution is 2.43. The molecule has 10 nitrogen and oxygen atoms in total. The molecule has 5 unspecified atom stereocenters. The predicted octanol–water partition coefficient (Wildman–Crippen LogP) is 9.76. The van der Waals surface area contributed by atoms with Gasteiger partial charge in [0.05, 0.1) is 41.6 Å². The molecule has 288 valence electrons. The Kier molecular flexibility index (Phi) is 12.1. The lowest BCUT2D eigenvalue weighted by atomic mass is 9.92.